The molecule has 2 aliphatic rings. The fraction of sp³-hybridized carbons (Fsp3) is 0.706. The Morgan fingerprint density at radius 3 is 2.74 bits per heavy atom. The summed E-state index contributed by atoms with van der Waals surface area (Å²) in [7, 11) is 2.13. The Morgan fingerprint density at radius 2 is 2.11 bits per heavy atom. The van der Waals surface area contributed by atoms with Gasteiger partial charge in [-0.1, -0.05) is 6.42 Å². The SMILES string of the molecule is CNC(CCc1ccncc1)CC1CC2CCC1C2. The van der Waals surface area contributed by atoms with Crippen molar-refractivity contribution in [3.8, 4) is 0 Å². The van der Waals surface area contributed by atoms with Gasteiger partial charge < -0.3 is 5.32 Å². The molecular weight excluding hydrogens is 232 g/mol. The number of hydrogen-bond acceptors (Lipinski definition) is 2. The van der Waals surface area contributed by atoms with Gasteiger partial charge >= 0.3 is 0 Å². The zero-order chi connectivity index (χ0) is 13.1. The molecule has 0 aliphatic heterocycles. The van der Waals surface area contributed by atoms with Crippen molar-refractivity contribution in [3.63, 3.8) is 0 Å². The number of fused-ring (bicyclic) bond motifs is 2. The van der Waals surface area contributed by atoms with E-state index in [1.807, 2.05) is 12.4 Å². The van der Waals surface area contributed by atoms with E-state index in [-0.39, 0.29) is 0 Å². The molecule has 0 amide bonds. The molecule has 3 rings (SSSR count). The minimum absolute atomic E-state index is 0.692. The molecule has 0 saturated heterocycles. The van der Waals surface area contributed by atoms with Gasteiger partial charge in [0.25, 0.3) is 0 Å². The highest BCUT2D eigenvalue weighted by Gasteiger charge is 2.39. The molecule has 2 saturated carbocycles. The van der Waals surface area contributed by atoms with Gasteiger partial charge in [-0.25, -0.2) is 0 Å². The maximum absolute atomic E-state index is 4.09. The molecule has 4 atom stereocenters. The van der Waals surface area contributed by atoms with E-state index in [9.17, 15) is 0 Å². The van der Waals surface area contributed by atoms with Gasteiger partial charge in [0.1, 0.15) is 0 Å². The predicted molar refractivity (Wildman–Crippen MR) is 79.0 cm³/mol. The largest absolute Gasteiger partial charge is 0.317 e. The van der Waals surface area contributed by atoms with Gasteiger partial charge in [-0.05, 0) is 81.0 Å². The van der Waals surface area contributed by atoms with Gasteiger partial charge in [0.2, 0.25) is 0 Å². The number of rotatable bonds is 6. The molecule has 4 unspecified atom stereocenters. The van der Waals surface area contributed by atoms with Crippen LogP contribution in [0, 0.1) is 17.8 Å². The van der Waals surface area contributed by atoms with Crippen LogP contribution in [-0.2, 0) is 6.42 Å². The molecule has 0 spiro atoms. The highest BCUT2D eigenvalue weighted by atomic mass is 14.9. The van der Waals surface area contributed by atoms with Crippen LogP contribution >= 0.6 is 0 Å². The summed E-state index contributed by atoms with van der Waals surface area (Å²) in [6.45, 7) is 0. The van der Waals surface area contributed by atoms with Crippen molar-refractivity contribution in [2.45, 2.75) is 51.0 Å². The lowest BCUT2D eigenvalue weighted by Crippen LogP contribution is -2.30. The Balaban J connectivity index is 1.48. The first kappa shape index (κ1) is 13.1. The van der Waals surface area contributed by atoms with E-state index in [0.717, 1.165) is 17.8 Å². The molecule has 1 aromatic rings. The molecule has 0 radical (unpaired) electrons. The van der Waals surface area contributed by atoms with E-state index in [0.29, 0.717) is 6.04 Å². The van der Waals surface area contributed by atoms with Crippen LogP contribution in [0.3, 0.4) is 0 Å². The molecule has 1 N–H and O–H groups in total. The Labute approximate surface area is 117 Å². The summed E-state index contributed by atoms with van der Waals surface area (Å²) >= 11 is 0. The van der Waals surface area contributed by atoms with Crippen LogP contribution in [0.15, 0.2) is 24.5 Å². The Hall–Kier alpha value is -0.890. The van der Waals surface area contributed by atoms with E-state index >= 15 is 0 Å². The second-order valence-corrected chi connectivity index (χ2v) is 6.55. The smallest absolute Gasteiger partial charge is 0.0270 e. The van der Waals surface area contributed by atoms with Crippen molar-refractivity contribution in [1.29, 1.82) is 0 Å². The van der Waals surface area contributed by atoms with Crippen LogP contribution in [0.1, 0.15) is 44.1 Å². The maximum atomic E-state index is 4.09. The third-order valence-corrected chi connectivity index (χ3v) is 5.41. The molecule has 2 nitrogen and oxygen atoms in total. The Bertz CT molecular complexity index is 390. The lowest BCUT2D eigenvalue weighted by Gasteiger charge is -2.26. The molecule has 19 heavy (non-hydrogen) atoms. The second-order valence-electron chi connectivity index (χ2n) is 6.55. The Morgan fingerprint density at radius 1 is 1.26 bits per heavy atom. The van der Waals surface area contributed by atoms with Gasteiger partial charge in [0.05, 0.1) is 0 Å². The standard InChI is InChI=1S/C17H26N2/c1-18-17(5-3-13-6-8-19-9-7-13)12-16-11-14-2-4-15(16)10-14/h6-9,14-18H,2-5,10-12H2,1H3. The molecule has 2 bridgehead atoms. The number of pyridine rings is 1. The number of aromatic nitrogens is 1. The van der Waals surface area contributed by atoms with Crippen molar-refractivity contribution in [2.24, 2.45) is 17.8 Å². The summed E-state index contributed by atoms with van der Waals surface area (Å²) < 4.78 is 0. The first-order valence-electron chi connectivity index (χ1n) is 7.91. The van der Waals surface area contributed by atoms with E-state index < -0.39 is 0 Å². The third kappa shape index (κ3) is 3.17. The van der Waals surface area contributed by atoms with E-state index in [1.165, 1.54) is 50.5 Å². The maximum Gasteiger partial charge on any atom is 0.0270 e. The normalized spacial score (nSPS) is 30.7. The molecule has 104 valence electrons. The zero-order valence-electron chi connectivity index (χ0n) is 12.0. The van der Waals surface area contributed by atoms with Crippen molar-refractivity contribution in [1.82, 2.24) is 10.3 Å². The summed E-state index contributed by atoms with van der Waals surface area (Å²) in [5.74, 6) is 3.14. The van der Waals surface area contributed by atoms with Gasteiger partial charge in [-0.2, -0.15) is 0 Å². The minimum Gasteiger partial charge on any atom is -0.317 e. The first-order valence-corrected chi connectivity index (χ1v) is 7.91. The summed E-state index contributed by atoms with van der Waals surface area (Å²) in [4.78, 5) is 4.09. The molecule has 1 aromatic heterocycles. The van der Waals surface area contributed by atoms with Gasteiger partial charge in [0, 0.05) is 18.4 Å². The molecule has 2 fully saturated rings. The van der Waals surface area contributed by atoms with Crippen LogP contribution in [0.4, 0.5) is 0 Å². The average molecular weight is 258 g/mol. The van der Waals surface area contributed by atoms with E-state index in [1.54, 1.807) is 0 Å². The molecule has 2 aliphatic carbocycles. The molecule has 2 heteroatoms. The fourth-order valence-electron chi connectivity index (χ4n) is 4.30. The summed E-state index contributed by atoms with van der Waals surface area (Å²) in [6.07, 6.45) is 13.7. The quantitative estimate of drug-likeness (QED) is 0.845. The van der Waals surface area contributed by atoms with Crippen LogP contribution in [0.5, 0.6) is 0 Å². The summed E-state index contributed by atoms with van der Waals surface area (Å²) in [5, 5.41) is 3.54. The molecule has 1 heterocycles. The number of nitrogens with zero attached hydrogens (tertiary/aromatic N) is 1. The van der Waals surface area contributed by atoms with Crippen molar-refractivity contribution in [3.05, 3.63) is 30.1 Å². The number of hydrogen-bond donors (Lipinski definition) is 1. The molecule has 0 aromatic carbocycles. The summed E-state index contributed by atoms with van der Waals surface area (Å²) in [5.41, 5.74) is 1.42. The predicted octanol–water partition coefficient (Wildman–Crippen LogP) is 3.43. The van der Waals surface area contributed by atoms with Gasteiger partial charge in [-0.15, -0.1) is 0 Å². The van der Waals surface area contributed by atoms with Gasteiger partial charge in [-0.3, -0.25) is 4.98 Å². The average Bonchev–Trinajstić information content (AvgIpc) is 3.07. The Kier molecular flexibility index (Phi) is 4.17. The van der Waals surface area contributed by atoms with Crippen molar-refractivity contribution < 1.29 is 0 Å². The highest BCUT2D eigenvalue weighted by molar-refractivity contribution is 5.09. The van der Waals surface area contributed by atoms with Crippen LogP contribution in [0.2, 0.25) is 0 Å². The minimum atomic E-state index is 0.692. The fourth-order valence-corrected chi connectivity index (χ4v) is 4.30. The van der Waals surface area contributed by atoms with Crippen LogP contribution < -0.4 is 5.32 Å². The topological polar surface area (TPSA) is 24.9 Å². The number of nitrogens with one attached hydrogen (secondary N) is 1. The molecular formula is C17H26N2. The van der Waals surface area contributed by atoms with Crippen LogP contribution in [-0.4, -0.2) is 18.1 Å². The van der Waals surface area contributed by atoms with Gasteiger partial charge in [0.15, 0.2) is 0 Å². The highest BCUT2D eigenvalue weighted by Crippen LogP contribution is 2.50. The monoisotopic (exact) mass is 258 g/mol. The van der Waals surface area contributed by atoms with Crippen molar-refractivity contribution in [2.75, 3.05) is 7.05 Å². The van der Waals surface area contributed by atoms with Crippen molar-refractivity contribution >= 4 is 0 Å². The van der Waals surface area contributed by atoms with Crippen LogP contribution in [0.25, 0.3) is 0 Å². The lowest BCUT2D eigenvalue weighted by molar-refractivity contribution is 0.277. The second kappa shape index (κ2) is 6.04. The van der Waals surface area contributed by atoms with E-state index in [4.69, 9.17) is 0 Å². The first-order chi connectivity index (χ1) is 9.35. The van der Waals surface area contributed by atoms with E-state index in [2.05, 4.69) is 29.5 Å². The lowest BCUT2D eigenvalue weighted by atomic mass is 9.83. The third-order valence-electron chi connectivity index (χ3n) is 5.41. The zero-order valence-corrected chi connectivity index (χ0v) is 12.0. The summed E-state index contributed by atoms with van der Waals surface area (Å²) in [6, 6.07) is 4.98. The number of aryl methyl sites for hydroxylation is 1.